The second-order valence-electron chi connectivity index (χ2n) is 8.53. The van der Waals surface area contributed by atoms with Crippen LogP contribution in [0.5, 0.6) is 11.5 Å². The summed E-state index contributed by atoms with van der Waals surface area (Å²) in [6.07, 6.45) is 0. The molecular weight excluding hydrogens is 435 g/mol. The fourth-order valence-electron chi connectivity index (χ4n) is 4.25. The summed E-state index contributed by atoms with van der Waals surface area (Å²) in [5.74, 6) is 0.886. The maximum atomic E-state index is 13.4. The molecule has 0 aliphatic carbocycles. The third-order valence-electron chi connectivity index (χ3n) is 6.18. The van der Waals surface area contributed by atoms with Gasteiger partial charge in [0, 0.05) is 48.2 Å². The van der Waals surface area contributed by atoms with E-state index >= 15 is 0 Å². The molecule has 0 atom stereocenters. The molecule has 34 heavy (non-hydrogen) atoms. The van der Waals surface area contributed by atoms with Crippen molar-refractivity contribution in [2.24, 2.45) is 0 Å². The standard InChI is InChI=1S/C27H27FN2O4/c1-18-14-20(28)2-7-25(18)29-21-3-5-24-26(16-21)34-17-19-15-22(4-6-23(19)27(24)31)33-13-10-30-8-11-32-12-9-30/h2-7,14-16,29H,8-13,17H2,1H3. The van der Waals surface area contributed by atoms with Crippen molar-refractivity contribution in [1.82, 2.24) is 4.90 Å². The van der Waals surface area contributed by atoms with Crippen molar-refractivity contribution in [3.8, 4) is 11.5 Å². The Hall–Kier alpha value is -3.42. The summed E-state index contributed by atoms with van der Waals surface area (Å²) in [6, 6.07) is 15.5. The molecule has 2 aliphatic heterocycles. The summed E-state index contributed by atoms with van der Waals surface area (Å²) < 4.78 is 30.8. The number of nitrogens with one attached hydrogen (secondary N) is 1. The average Bonchev–Trinajstić information content (AvgIpc) is 2.98. The highest BCUT2D eigenvalue weighted by Crippen LogP contribution is 2.33. The van der Waals surface area contributed by atoms with Crippen LogP contribution in [0, 0.1) is 12.7 Å². The maximum absolute atomic E-state index is 13.4. The third-order valence-corrected chi connectivity index (χ3v) is 6.18. The van der Waals surface area contributed by atoms with Gasteiger partial charge in [-0.25, -0.2) is 4.39 Å². The van der Waals surface area contributed by atoms with Crippen LogP contribution in [0.25, 0.3) is 0 Å². The minimum Gasteiger partial charge on any atom is -0.492 e. The maximum Gasteiger partial charge on any atom is 0.197 e. The van der Waals surface area contributed by atoms with Crippen LogP contribution < -0.4 is 14.8 Å². The van der Waals surface area contributed by atoms with Gasteiger partial charge in [0.15, 0.2) is 5.78 Å². The summed E-state index contributed by atoms with van der Waals surface area (Å²) >= 11 is 0. The summed E-state index contributed by atoms with van der Waals surface area (Å²) in [5, 5.41) is 3.28. The van der Waals surface area contributed by atoms with Crippen LogP contribution in [0.3, 0.4) is 0 Å². The molecule has 2 heterocycles. The first-order chi connectivity index (χ1) is 16.6. The summed E-state index contributed by atoms with van der Waals surface area (Å²) in [4.78, 5) is 15.5. The molecule has 0 amide bonds. The number of carbonyl (C=O) groups is 1. The van der Waals surface area contributed by atoms with Crippen molar-refractivity contribution >= 4 is 17.2 Å². The topological polar surface area (TPSA) is 60.0 Å². The molecule has 0 bridgehead atoms. The highest BCUT2D eigenvalue weighted by molar-refractivity contribution is 6.12. The second kappa shape index (κ2) is 9.83. The van der Waals surface area contributed by atoms with Crippen molar-refractivity contribution in [1.29, 1.82) is 0 Å². The van der Waals surface area contributed by atoms with Crippen LogP contribution in [0.15, 0.2) is 54.6 Å². The number of benzene rings is 3. The van der Waals surface area contributed by atoms with Crippen LogP contribution in [0.4, 0.5) is 15.8 Å². The average molecular weight is 463 g/mol. The van der Waals surface area contributed by atoms with E-state index in [1.54, 1.807) is 12.1 Å². The number of fused-ring (bicyclic) bond motifs is 2. The normalized spacial score (nSPS) is 15.6. The Morgan fingerprint density at radius 2 is 1.85 bits per heavy atom. The van der Waals surface area contributed by atoms with E-state index < -0.39 is 0 Å². The summed E-state index contributed by atoms with van der Waals surface area (Å²) in [5.41, 5.74) is 4.28. The van der Waals surface area contributed by atoms with Gasteiger partial charge in [0.05, 0.1) is 18.8 Å². The zero-order valence-electron chi connectivity index (χ0n) is 19.1. The van der Waals surface area contributed by atoms with E-state index in [-0.39, 0.29) is 18.2 Å². The monoisotopic (exact) mass is 462 g/mol. The van der Waals surface area contributed by atoms with Crippen molar-refractivity contribution in [2.45, 2.75) is 13.5 Å². The number of aryl methyl sites for hydroxylation is 1. The molecule has 3 aromatic rings. The largest absolute Gasteiger partial charge is 0.492 e. The minimum absolute atomic E-state index is 0.0770. The highest BCUT2D eigenvalue weighted by Gasteiger charge is 2.23. The first kappa shape index (κ1) is 22.4. The first-order valence-electron chi connectivity index (χ1n) is 11.5. The molecule has 1 saturated heterocycles. The number of halogens is 1. The summed E-state index contributed by atoms with van der Waals surface area (Å²) in [6.45, 7) is 6.90. The fraction of sp³-hybridized carbons (Fsp3) is 0.296. The number of hydrogen-bond donors (Lipinski definition) is 1. The second-order valence-corrected chi connectivity index (χ2v) is 8.53. The molecule has 0 aromatic heterocycles. The predicted molar refractivity (Wildman–Crippen MR) is 128 cm³/mol. The molecule has 0 saturated carbocycles. The molecular formula is C27H27FN2O4. The van der Waals surface area contributed by atoms with Gasteiger partial charge in [-0.05, 0) is 61.0 Å². The lowest BCUT2D eigenvalue weighted by Crippen LogP contribution is -2.38. The van der Waals surface area contributed by atoms with Crippen LogP contribution in [-0.2, 0) is 11.3 Å². The van der Waals surface area contributed by atoms with Gasteiger partial charge in [-0.2, -0.15) is 0 Å². The number of hydrogen-bond acceptors (Lipinski definition) is 6. The van der Waals surface area contributed by atoms with Gasteiger partial charge in [0.25, 0.3) is 0 Å². The SMILES string of the molecule is Cc1cc(F)ccc1Nc1ccc2c(c1)OCc1cc(OCCN3CCOCC3)ccc1C2=O. The van der Waals surface area contributed by atoms with Gasteiger partial charge in [-0.3, -0.25) is 9.69 Å². The Morgan fingerprint density at radius 1 is 1.03 bits per heavy atom. The van der Waals surface area contributed by atoms with Gasteiger partial charge >= 0.3 is 0 Å². The molecule has 1 N–H and O–H groups in total. The number of ketones is 1. The Balaban J connectivity index is 1.28. The molecule has 0 unspecified atom stereocenters. The first-order valence-corrected chi connectivity index (χ1v) is 11.5. The lowest BCUT2D eigenvalue weighted by molar-refractivity contribution is 0.0322. The van der Waals surface area contributed by atoms with Crippen molar-refractivity contribution in [2.75, 3.05) is 44.8 Å². The predicted octanol–water partition coefficient (Wildman–Crippen LogP) is 4.71. The van der Waals surface area contributed by atoms with Gasteiger partial charge in [0.1, 0.15) is 30.5 Å². The molecule has 5 rings (SSSR count). The van der Waals surface area contributed by atoms with Gasteiger partial charge in [0.2, 0.25) is 0 Å². The number of ether oxygens (including phenoxy) is 3. The Bertz CT molecular complexity index is 1210. The van der Waals surface area contributed by atoms with Crippen LogP contribution in [0.2, 0.25) is 0 Å². The number of nitrogens with zero attached hydrogens (tertiary/aromatic N) is 1. The third kappa shape index (κ3) is 4.90. The van der Waals surface area contributed by atoms with Crippen LogP contribution in [-0.4, -0.2) is 50.1 Å². The van der Waals surface area contributed by atoms with Crippen molar-refractivity contribution in [3.63, 3.8) is 0 Å². The molecule has 176 valence electrons. The van der Waals surface area contributed by atoms with E-state index in [0.29, 0.717) is 23.5 Å². The smallest absolute Gasteiger partial charge is 0.197 e. The lowest BCUT2D eigenvalue weighted by atomic mass is 9.98. The van der Waals surface area contributed by atoms with E-state index in [2.05, 4.69) is 10.2 Å². The number of rotatable bonds is 6. The van der Waals surface area contributed by atoms with Crippen molar-refractivity contribution < 1.29 is 23.4 Å². The number of morpholine rings is 1. The van der Waals surface area contributed by atoms with E-state index in [4.69, 9.17) is 14.2 Å². The molecule has 1 fully saturated rings. The van der Waals surface area contributed by atoms with E-state index in [0.717, 1.165) is 61.1 Å². The molecule has 7 heteroatoms. The molecule has 3 aromatic carbocycles. The minimum atomic E-state index is -0.277. The highest BCUT2D eigenvalue weighted by atomic mass is 19.1. The van der Waals surface area contributed by atoms with Crippen LogP contribution in [0.1, 0.15) is 27.0 Å². The zero-order chi connectivity index (χ0) is 23.5. The lowest BCUT2D eigenvalue weighted by Gasteiger charge is -2.26. The summed E-state index contributed by atoms with van der Waals surface area (Å²) in [7, 11) is 0. The molecule has 0 spiro atoms. The molecule has 6 nitrogen and oxygen atoms in total. The Kier molecular flexibility index (Phi) is 6.47. The quantitative estimate of drug-likeness (QED) is 0.573. The van der Waals surface area contributed by atoms with Gasteiger partial charge in [-0.15, -0.1) is 0 Å². The van der Waals surface area contributed by atoms with E-state index in [1.807, 2.05) is 37.3 Å². The zero-order valence-corrected chi connectivity index (χ0v) is 19.1. The van der Waals surface area contributed by atoms with Gasteiger partial charge < -0.3 is 19.5 Å². The molecule has 2 aliphatic rings. The Labute approximate surface area is 198 Å². The van der Waals surface area contributed by atoms with Crippen LogP contribution >= 0.6 is 0 Å². The van der Waals surface area contributed by atoms with E-state index in [1.165, 1.54) is 12.1 Å². The van der Waals surface area contributed by atoms with Crippen molar-refractivity contribution in [3.05, 3.63) is 82.7 Å². The number of anilines is 2. The Morgan fingerprint density at radius 3 is 2.68 bits per heavy atom. The fourth-order valence-corrected chi connectivity index (χ4v) is 4.25. The van der Waals surface area contributed by atoms with E-state index in [9.17, 15) is 9.18 Å². The van der Waals surface area contributed by atoms with Gasteiger partial charge in [-0.1, -0.05) is 0 Å². The number of carbonyl (C=O) groups excluding carboxylic acids is 1. The molecule has 0 radical (unpaired) electrons.